The molecule has 1 aromatic rings. The number of rotatable bonds is 8. The fraction of sp³-hybridized carbons (Fsp3) is 0.450. The van der Waals surface area contributed by atoms with Gasteiger partial charge in [-0.2, -0.15) is 4.31 Å². The lowest BCUT2D eigenvalue weighted by atomic mass is 10.1. The molecule has 7 heteroatoms. The maximum atomic E-state index is 13.1. The van der Waals surface area contributed by atoms with Crippen molar-refractivity contribution >= 4 is 15.9 Å². The standard InChI is InChI=1S/C20H28N2O4S/c1-4-12-21(13-5-2)20(23)18-16-17(10-11-19(18)26-3)27(24,25)22-14-8-6-7-9-15-22/h4-5,10-11,16H,1-2,6-9,12-15H2,3H3. The molecule has 0 unspecified atom stereocenters. The number of hydrogen-bond acceptors (Lipinski definition) is 4. The van der Waals surface area contributed by atoms with Crippen LogP contribution in [-0.2, 0) is 10.0 Å². The van der Waals surface area contributed by atoms with Crippen molar-refractivity contribution in [1.82, 2.24) is 9.21 Å². The third kappa shape index (κ3) is 4.99. The molecule has 0 aliphatic carbocycles. The number of nitrogens with zero attached hydrogens (tertiary/aromatic N) is 2. The molecule has 2 rings (SSSR count). The van der Waals surface area contributed by atoms with Crippen LogP contribution in [0.3, 0.4) is 0 Å². The summed E-state index contributed by atoms with van der Waals surface area (Å²) in [5.74, 6) is 0.0208. The Morgan fingerprint density at radius 3 is 2.26 bits per heavy atom. The van der Waals surface area contributed by atoms with E-state index < -0.39 is 10.0 Å². The molecule has 0 bridgehead atoms. The summed E-state index contributed by atoms with van der Waals surface area (Å²) in [6.07, 6.45) is 7.02. The third-order valence-electron chi connectivity index (χ3n) is 4.59. The topological polar surface area (TPSA) is 66.9 Å². The van der Waals surface area contributed by atoms with Gasteiger partial charge < -0.3 is 9.64 Å². The summed E-state index contributed by atoms with van der Waals surface area (Å²) in [4.78, 5) is 14.6. The maximum Gasteiger partial charge on any atom is 0.258 e. The summed E-state index contributed by atoms with van der Waals surface area (Å²) in [6.45, 7) is 9.01. The van der Waals surface area contributed by atoms with E-state index in [0.29, 0.717) is 31.9 Å². The van der Waals surface area contributed by atoms with E-state index in [1.165, 1.54) is 34.5 Å². The highest BCUT2D eigenvalue weighted by Crippen LogP contribution is 2.27. The fourth-order valence-corrected chi connectivity index (χ4v) is 4.71. The first-order valence-electron chi connectivity index (χ1n) is 9.15. The number of methoxy groups -OCH3 is 1. The summed E-state index contributed by atoms with van der Waals surface area (Å²) in [5.41, 5.74) is 0.220. The molecule has 27 heavy (non-hydrogen) atoms. The van der Waals surface area contributed by atoms with Gasteiger partial charge in [0.05, 0.1) is 17.6 Å². The van der Waals surface area contributed by atoms with E-state index in [2.05, 4.69) is 13.2 Å². The highest BCUT2D eigenvalue weighted by Gasteiger charge is 2.28. The van der Waals surface area contributed by atoms with Crippen molar-refractivity contribution in [3.05, 3.63) is 49.1 Å². The number of ether oxygens (including phenoxy) is 1. The molecule has 148 valence electrons. The van der Waals surface area contributed by atoms with E-state index >= 15 is 0 Å². The SMILES string of the molecule is C=CCN(CC=C)C(=O)c1cc(S(=O)(=O)N2CCCCCC2)ccc1OC. The van der Waals surface area contributed by atoms with Gasteiger partial charge >= 0.3 is 0 Å². The van der Waals surface area contributed by atoms with Gasteiger partial charge in [-0.3, -0.25) is 4.79 Å². The van der Waals surface area contributed by atoms with Crippen LogP contribution in [-0.4, -0.2) is 56.8 Å². The van der Waals surface area contributed by atoms with E-state index in [-0.39, 0.29) is 16.4 Å². The van der Waals surface area contributed by atoms with E-state index in [0.717, 1.165) is 25.7 Å². The van der Waals surface area contributed by atoms with E-state index in [4.69, 9.17) is 4.74 Å². The van der Waals surface area contributed by atoms with Gasteiger partial charge in [-0.1, -0.05) is 25.0 Å². The van der Waals surface area contributed by atoms with Gasteiger partial charge in [0.25, 0.3) is 5.91 Å². The van der Waals surface area contributed by atoms with Crippen LogP contribution in [0.15, 0.2) is 48.4 Å². The molecule has 0 atom stereocenters. The molecule has 1 aliphatic rings. The molecule has 6 nitrogen and oxygen atoms in total. The van der Waals surface area contributed by atoms with Crippen molar-refractivity contribution in [3.8, 4) is 5.75 Å². The number of carbonyl (C=O) groups is 1. The van der Waals surface area contributed by atoms with Crippen molar-refractivity contribution in [1.29, 1.82) is 0 Å². The Bertz CT molecular complexity index is 771. The van der Waals surface area contributed by atoms with Crippen molar-refractivity contribution in [2.24, 2.45) is 0 Å². The highest BCUT2D eigenvalue weighted by molar-refractivity contribution is 7.89. The van der Waals surface area contributed by atoms with Crippen LogP contribution < -0.4 is 4.74 Å². The first-order chi connectivity index (χ1) is 13.0. The Hall–Kier alpha value is -2.12. The van der Waals surface area contributed by atoms with Crippen molar-refractivity contribution in [2.75, 3.05) is 33.3 Å². The molecule has 0 radical (unpaired) electrons. The number of benzene rings is 1. The zero-order chi connectivity index (χ0) is 19.9. The third-order valence-corrected chi connectivity index (χ3v) is 6.48. The molecule has 0 aromatic heterocycles. The van der Waals surface area contributed by atoms with Crippen molar-refractivity contribution < 1.29 is 17.9 Å². The molecule has 1 heterocycles. The Kier molecular flexibility index (Phi) is 7.62. The van der Waals surface area contributed by atoms with Gasteiger partial charge in [0.2, 0.25) is 10.0 Å². The lowest BCUT2D eigenvalue weighted by Gasteiger charge is -2.23. The second kappa shape index (κ2) is 9.71. The first-order valence-corrected chi connectivity index (χ1v) is 10.6. The summed E-state index contributed by atoms with van der Waals surface area (Å²) in [7, 11) is -2.19. The van der Waals surface area contributed by atoms with Crippen molar-refractivity contribution in [3.63, 3.8) is 0 Å². The molecule has 1 aliphatic heterocycles. The largest absolute Gasteiger partial charge is 0.496 e. The van der Waals surface area contributed by atoms with Gasteiger partial charge in [-0.25, -0.2) is 8.42 Å². The highest BCUT2D eigenvalue weighted by atomic mass is 32.2. The zero-order valence-electron chi connectivity index (χ0n) is 15.9. The summed E-state index contributed by atoms with van der Waals surface area (Å²) >= 11 is 0. The molecule has 0 N–H and O–H groups in total. The van der Waals surface area contributed by atoms with Crippen LogP contribution in [0.1, 0.15) is 36.0 Å². The minimum Gasteiger partial charge on any atom is -0.496 e. The monoisotopic (exact) mass is 392 g/mol. The van der Waals surface area contributed by atoms with Crippen LogP contribution in [0.25, 0.3) is 0 Å². The second-order valence-corrected chi connectivity index (χ2v) is 8.41. The van der Waals surface area contributed by atoms with Crippen LogP contribution in [0.5, 0.6) is 5.75 Å². The predicted octanol–water partition coefficient (Wildman–Crippen LogP) is 3.07. The average molecular weight is 393 g/mol. The van der Waals surface area contributed by atoms with Crippen LogP contribution in [0, 0.1) is 0 Å². The van der Waals surface area contributed by atoms with Crippen molar-refractivity contribution in [2.45, 2.75) is 30.6 Å². The molecule has 1 amide bonds. The van der Waals surface area contributed by atoms with Gasteiger partial charge in [0.15, 0.2) is 0 Å². The lowest BCUT2D eigenvalue weighted by Crippen LogP contribution is -2.33. The predicted molar refractivity (Wildman–Crippen MR) is 107 cm³/mol. The smallest absolute Gasteiger partial charge is 0.258 e. The fourth-order valence-electron chi connectivity index (χ4n) is 3.17. The molecule has 0 saturated carbocycles. The Morgan fingerprint density at radius 1 is 1.15 bits per heavy atom. The second-order valence-electron chi connectivity index (χ2n) is 6.47. The Balaban J connectivity index is 2.42. The number of hydrogen-bond donors (Lipinski definition) is 0. The van der Waals surface area contributed by atoms with E-state index in [9.17, 15) is 13.2 Å². The van der Waals surface area contributed by atoms with Crippen LogP contribution in [0.4, 0.5) is 0 Å². The molecule has 1 fully saturated rings. The lowest BCUT2D eigenvalue weighted by molar-refractivity contribution is 0.0787. The first kappa shape index (κ1) is 21.2. The van der Waals surface area contributed by atoms with Crippen LogP contribution in [0.2, 0.25) is 0 Å². The van der Waals surface area contributed by atoms with Gasteiger partial charge in [0.1, 0.15) is 5.75 Å². The summed E-state index contributed by atoms with van der Waals surface area (Å²) in [5, 5.41) is 0. The molecule has 1 saturated heterocycles. The molecular formula is C20H28N2O4S. The van der Waals surface area contributed by atoms with Gasteiger partial charge in [-0.05, 0) is 31.0 Å². The number of carbonyl (C=O) groups excluding carboxylic acids is 1. The van der Waals surface area contributed by atoms with Gasteiger partial charge in [0, 0.05) is 26.2 Å². The van der Waals surface area contributed by atoms with E-state index in [1.54, 1.807) is 12.2 Å². The normalized spacial score (nSPS) is 15.6. The minimum atomic E-state index is -3.65. The summed E-state index contributed by atoms with van der Waals surface area (Å²) in [6, 6.07) is 4.46. The van der Waals surface area contributed by atoms with Gasteiger partial charge in [-0.15, -0.1) is 13.2 Å². The number of sulfonamides is 1. The Labute approximate surface area is 162 Å². The minimum absolute atomic E-state index is 0.116. The van der Waals surface area contributed by atoms with E-state index in [1.807, 2.05) is 0 Å². The average Bonchev–Trinajstić information content (AvgIpc) is 2.96. The maximum absolute atomic E-state index is 13.1. The molecular weight excluding hydrogens is 364 g/mol. The summed E-state index contributed by atoms with van der Waals surface area (Å²) < 4.78 is 32.9. The Morgan fingerprint density at radius 2 is 1.74 bits per heavy atom. The number of amides is 1. The zero-order valence-corrected chi connectivity index (χ0v) is 16.7. The van der Waals surface area contributed by atoms with Crippen LogP contribution >= 0.6 is 0 Å². The molecule has 1 aromatic carbocycles. The molecule has 0 spiro atoms. The quantitative estimate of drug-likeness (QED) is 0.638.